The Balaban J connectivity index is 1.75. The van der Waals surface area contributed by atoms with Crippen LogP contribution in [0.2, 0.25) is 5.02 Å². The van der Waals surface area contributed by atoms with E-state index in [0.29, 0.717) is 16.4 Å². The van der Waals surface area contributed by atoms with E-state index >= 15 is 0 Å². The van der Waals surface area contributed by atoms with Gasteiger partial charge in [-0.1, -0.05) is 59.6 Å². The summed E-state index contributed by atoms with van der Waals surface area (Å²) in [4.78, 5) is 14.4. The maximum atomic E-state index is 13.0. The number of halogens is 1. The smallest absolute Gasteiger partial charge is 0.278 e. The first kappa shape index (κ1) is 17.9. The molecule has 1 N–H and O–H groups in total. The van der Waals surface area contributed by atoms with Crippen LogP contribution in [0.4, 0.5) is 5.69 Å². The highest BCUT2D eigenvalue weighted by Crippen LogP contribution is 2.24. The molecule has 1 heterocycles. The van der Waals surface area contributed by atoms with Gasteiger partial charge in [-0.2, -0.15) is 4.80 Å². The second-order valence-electron chi connectivity index (χ2n) is 6.35. The predicted molar refractivity (Wildman–Crippen MR) is 111 cm³/mol. The molecule has 0 aliphatic rings. The molecule has 1 aromatic heterocycles. The van der Waals surface area contributed by atoms with Crippen LogP contribution in [0.1, 0.15) is 16.1 Å². The molecule has 5 nitrogen and oxygen atoms in total. The number of hydrogen-bond acceptors (Lipinski definition) is 3. The topological polar surface area (TPSA) is 59.8 Å². The zero-order valence-corrected chi connectivity index (χ0v) is 15.9. The quantitative estimate of drug-likeness (QED) is 0.526. The van der Waals surface area contributed by atoms with Gasteiger partial charge in [-0.3, -0.25) is 4.79 Å². The third-order valence-corrected chi connectivity index (χ3v) is 4.50. The van der Waals surface area contributed by atoms with E-state index in [1.165, 1.54) is 4.80 Å². The maximum Gasteiger partial charge on any atom is 0.278 e. The third kappa shape index (κ3) is 3.80. The Morgan fingerprint density at radius 3 is 2.25 bits per heavy atom. The first-order valence-corrected chi connectivity index (χ1v) is 9.15. The predicted octanol–water partition coefficient (Wildman–Crippen LogP) is 5.15. The molecule has 0 atom stereocenters. The van der Waals surface area contributed by atoms with Gasteiger partial charge in [0.1, 0.15) is 5.69 Å². The molecule has 6 heteroatoms. The number of benzene rings is 3. The SMILES string of the molecule is Cc1ccc(NC(=O)c2nn(-c3ccccc3)nc2-c2ccc(Cl)cc2)cc1. The second-order valence-corrected chi connectivity index (χ2v) is 6.79. The van der Waals surface area contributed by atoms with E-state index < -0.39 is 0 Å². The molecule has 28 heavy (non-hydrogen) atoms. The summed E-state index contributed by atoms with van der Waals surface area (Å²) in [6, 6.07) is 24.2. The Hall–Kier alpha value is -3.44. The van der Waals surface area contributed by atoms with E-state index in [0.717, 1.165) is 16.8 Å². The lowest BCUT2D eigenvalue weighted by atomic mass is 10.1. The van der Waals surface area contributed by atoms with E-state index in [1.807, 2.05) is 73.7 Å². The van der Waals surface area contributed by atoms with Gasteiger partial charge in [0.25, 0.3) is 5.91 Å². The van der Waals surface area contributed by atoms with Gasteiger partial charge in [-0.25, -0.2) is 0 Å². The standard InChI is InChI=1S/C22H17ClN4O/c1-15-7-13-18(14-8-15)24-22(28)21-20(16-9-11-17(23)12-10-16)25-27(26-21)19-5-3-2-4-6-19/h2-14H,1H3,(H,24,28). The van der Waals surface area contributed by atoms with Gasteiger partial charge >= 0.3 is 0 Å². The second kappa shape index (κ2) is 7.66. The number of para-hydroxylation sites is 1. The maximum absolute atomic E-state index is 13.0. The number of aryl methyl sites for hydroxylation is 1. The fraction of sp³-hybridized carbons (Fsp3) is 0.0455. The summed E-state index contributed by atoms with van der Waals surface area (Å²) in [5, 5.41) is 12.5. The fourth-order valence-corrected chi connectivity index (χ4v) is 2.89. The highest BCUT2D eigenvalue weighted by Gasteiger charge is 2.21. The molecule has 0 aliphatic heterocycles. The first-order valence-electron chi connectivity index (χ1n) is 8.77. The molecule has 1 amide bonds. The lowest BCUT2D eigenvalue weighted by Crippen LogP contribution is -2.14. The summed E-state index contributed by atoms with van der Waals surface area (Å²) in [6.45, 7) is 2.00. The van der Waals surface area contributed by atoms with Gasteiger partial charge in [0, 0.05) is 16.3 Å². The number of carbonyl (C=O) groups is 1. The van der Waals surface area contributed by atoms with Crippen LogP contribution in [0.15, 0.2) is 78.9 Å². The molecule has 0 radical (unpaired) electrons. The summed E-state index contributed by atoms with van der Waals surface area (Å²) in [7, 11) is 0. The third-order valence-electron chi connectivity index (χ3n) is 4.24. The minimum atomic E-state index is -0.323. The van der Waals surface area contributed by atoms with Crippen molar-refractivity contribution < 1.29 is 4.79 Å². The molecule has 0 unspecified atom stereocenters. The molecule has 0 bridgehead atoms. The summed E-state index contributed by atoms with van der Waals surface area (Å²) in [5.41, 5.74) is 4.09. The number of rotatable bonds is 4. The van der Waals surface area contributed by atoms with Gasteiger partial charge in [-0.15, -0.1) is 10.2 Å². The number of amides is 1. The molecule has 0 saturated carbocycles. The average Bonchev–Trinajstić information content (AvgIpc) is 3.17. The van der Waals surface area contributed by atoms with E-state index in [2.05, 4.69) is 15.5 Å². The van der Waals surface area contributed by atoms with Gasteiger partial charge in [-0.05, 0) is 43.3 Å². The van der Waals surface area contributed by atoms with E-state index in [9.17, 15) is 4.79 Å². The van der Waals surface area contributed by atoms with Crippen molar-refractivity contribution in [3.63, 3.8) is 0 Å². The Bertz CT molecular complexity index is 1100. The number of aromatic nitrogens is 3. The summed E-state index contributed by atoms with van der Waals surface area (Å²) in [5.74, 6) is -0.323. The molecule has 0 aliphatic carbocycles. The lowest BCUT2D eigenvalue weighted by molar-refractivity contribution is 0.102. The zero-order valence-electron chi connectivity index (χ0n) is 15.1. The van der Waals surface area contributed by atoms with Gasteiger partial charge < -0.3 is 5.32 Å². The Labute approximate surface area is 167 Å². The van der Waals surface area contributed by atoms with Crippen molar-refractivity contribution in [3.05, 3.63) is 95.1 Å². The molecule has 138 valence electrons. The number of carbonyl (C=O) groups excluding carboxylic acids is 1. The van der Waals surface area contributed by atoms with Crippen LogP contribution in [-0.2, 0) is 0 Å². The number of hydrogen-bond donors (Lipinski definition) is 1. The van der Waals surface area contributed by atoms with Crippen molar-refractivity contribution in [1.29, 1.82) is 0 Å². The molecule has 4 aromatic rings. The van der Waals surface area contributed by atoms with Crippen molar-refractivity contribution in [2.75, 3.05) is 5.32 Å². The van der Waals surface area contributed by atoms with Crippen LogP contribution in [0.3, 0.4) is 0 Å². The Morgan fingerprint density at radius 2 is 1.57 bits per heavy atom. The number of nitrogens with zero attached hydrogens (tertiary/aromatic N) is 3. The normalized spacial score (nSPS) is 10.6. The average molecular weight is 389 g/mol. The van der Waals surface area contributed by atoms with Crippen molar-refractivity contribution in [2.24, 2.45) is 0 Å². The monoisotopic (exact) mass is 388 g/mol. The van der Waals surface area contributed by atoms with Crippen LogP contribution in [0.5, 0.6) is 0 Å². The molecule has 4 rings (SSSR count). The number of nitrogens with one attached hydrogen (secondary N) is 1. The van der Waals surface area contributed by atoms with Gasteiger partial charge in [0.15, 0.2) is 5.69 Å². The molecule has 0 fully saturated rings. The van der Waals surface area contributed by atoms with E-state index in [4.69, 9.17) is 11.6 Å². The van der Waals surface area contributed by atoms with Crippen LogP contribution in [-0.4, -0.2) is 20.9 Å². The van der Waals surface area contributed by atoms with E-state index in [-0.39, 0.29) is 11.6 Å². The Morgan fingerprint density at radius 1 is 0.893 bits per heavy atom. The van der Waals surface area contributed by atoms with Crippen molar-refractivity contribution in [2.45, 2.75) is 6.92 Å². The zero-order chi connectivity index (χ0) is 19.5. The highest BCUT2D eigenvalue weighted by atomic mass is 35.5. The van der Waals surface area contributed by atoms with Crippen molar-refractivity contribution >= 4 is 23.2 Å². The van der Waals surface area contributed by atoms with Crippen molar-refractivity contribution in [3.8, 4) is 16.9 Å². The lowest BCUT2D eigenvalue weighted by Gasteiger charge is -2.05. The minimum absolute atomic E-state index is 0.242. The molecule has 0 saturated heterocycles. The molecule has 0 spiro atoms. The highest BCUT2D eigenvalue weighted by molar-refractivity contribution is 6.30. The summed E-state index contributed by atoms with van der Waals surface area (Å²) in [6.07, 6.45) is 0. The van der Waals surface area contributed by atoms with Crippen LogP contribution < -0.4 is 5.32 Å². The molecule has 3 aromatic carbocycles. The largest absolute Gasteiger partial charge is 0.321 e. The first-order chi connectivity index (χ1) is 13.6. The van der Waals surface area contributed by atoms with Crippen LogP contribution in [0.25, 0.3) is 16.9 Å². The van der Waals surface area contributed by atoms with Crippen LogP contribution in [0, 0.1) is 6.92 Å². The Kier molecular flexibility index (Phi) is 4.91. The van der Waals surface area contributed by atoms with Gasteiger partial charge in [0.05, 0.1) is 5.69 Å². The van der Waals surface area contributed by atoms with Gasteiger partial charge in [0.2, 0.25) is 0 Å². The fourth-order valence-electron chi connectivity index (χ4n) is 2.77. The minimum Gasteiger partial charge on any atom is -0.321 e. The number of anilines is 1. The van der Waals surface area contributed by atoms with Crippen LogP contribution >= 0.6 is 11.6 Å². The summed E-state index contributed by atoms with van der Waals surface area (Å²) >= 11 is 6.00. The summed E-state index contributed by atoms with van der Waals surface area (Å²) < 4.78 is 0. The molecular formula is C22H17ClN4O. The van der Waals surface area contributed by atoms with Crippen molar-refractivity contribution in [1.82, 2.24) is 15.0 Å². The molecular weight excluding hydrogens is 372 g/mol. The van der Waals surface area contributed by atoms with E-state index in [1.54, 1.807) is 12.1 Å².